The largest absolute Gasteiger partial charge is 0.380 e. The second-order valence-electron chi connectivity index (χ2n) is 4.19. The van der Waals surface area contributed by atoms with Crippen LogP contribution in [-0.2, 0) is 18.3 Å². The van der Waals surface area contributed by atoms with Gasteiger partial charge in [0.2, 0.25) is 0 Å². The van der Waals surface area contributed by atoms with Crippen molar-refractivity contribution in [1.29, 1.82) is 0 Å². The zero-order valence-corrected chi connectivity index (χ0v) is 9.44. The quantitative estimate of drug-likeness (QED) is 0.806. The predicted molar refractivity (Wildman–Crippen MR) is 58.5 cm³/mol. The summed E-state index contributed by atoms with van der Waals surface area (Å²) < 4.78 is 7.48. The standard InChI is InChI=1S/C11H19N3O/c1-14-8-12-6-9(14)7-13-10-4-3-5-11(10)15-2/h6,8,10-11,13H,3-5,7H2,1-2H3. The van der Waals surface area contributed by atoms with Crippen LogP contribution in [0.15, 0.2) is 12.5 Å². The van der Waals surface area contributed by atoms with E-state index in [1.54, 1.807) is 7.11 Å². The third kappa shape index (κ3) is 2.38. The number of ether oxygens (including phenoxy) is 1. The minimum atomic E-state index is 0.387. The van der Waals surface area contributed by atoms with Gasteiger partial charge in [0.05, 0.1) is 18.1 Å². The Morgan fingerprint density at radius 1 is 1.60 bits per heavy atom. The third-order valence-corrected chi connectivity index (χ3v) is 3.22. The lowest BCUT2D eigenvalue weighted by Gasteiger charge is -2.19. The number of nitrogens with zero attached hydrogens (tertiary/aromatic N) is 2. The van der Waals surface area contributed by atoms with Gasteiger partial charge in [0.25, 0.3) is 0 Å². The fourth-order valence-corrected chi connectivity index (χ4v) is 2.23. The molecule has 4 heteroatoms. The lowest BCUT2D eigenvalue weighted by atomic mass is 10.2. The average molecular weight is 209 g/mol. The molecule has 0 saturated heterocycles. The van der Waals surface area contributed by atoms with Crippen LogP contribution in [0.3, 0.4) is 0 Å². The number of hydrogen-bond donors (Lipinski definition) is 1. The second kappa shape index (κ2) is 4.77. The van der Waals surface area contributed by atoms with Gasteiger partial charge in [0.1, 0.15) is 0 Å². The summed E-state index contributed by atoms with van der Waals surface area (Å²) in [5, 5.41) is 3.54. The molecule has 1 aliphatic rings. The summed E-state index contributed by atoms with van der Waals surface area (Å²) in [6, 6.07) is 0.505. The van der Waals surface area contributed by atoms with Crippen LogP contribution in [-0.4, -0.2) is 28.8 Å². The van der Waals surface area contributed by atoms with E-state index in [4.69, 9.17) is 4.74 Å². The molecule has 1 N–H and O–H groups in total. The molecule has 2 unspecified atom stereocenters. The molecular weight excluding hydrogens is 190 g/mol. The number of aromatic nitrogens is 2. The van der Waals surface area contributed by atoms with E-state index in [9.17, 15) is 0 Å². The Labute approximate surface area is 90.6 Å². The maximum atomic E-state index is 5.44. The lowest BCUT2D eigenvalue weighted by molar-refractivity contribution is 0.0845. The molecule has 1 aromatic heterocycles. The van der Waals surface area contributed by atoms with Crippen LogP contribution in [0.2, 0.25) is 0 Å². The van der Waals surface area contributed by atoms with Crippen LogP contribution < -0.4 is 5.32 Å². The van der Waals surface area contributed by atoms with Gasteiger partial charge in [0.15, 0.2) is 0 Å². The number of methoxy groups -OCH3 is 1. The first kappa shape index (κ1) is 10.6. The van der Waals surface area contributed by atoms with Gasteiger partial charge in [-0.05, 0) is 19.3 Å². The van der Waals surface area contributed by atoms with E-state index in [0.29, 0.717) is 12.1 Å². The first-order valence-corrected chi connectivity index (χ1v) is 5.52. The first-order valence-electron chi connectivity index (χ1n) is 5.52. The summed E-state index contributed by atoms with van der Waals surface area (Å²) in [5.41, 5.74) is 1.22. The maximum absolute atomic E-state index is 5.44. The van der Waals surface area contributed by atoms with E-state index < -0.39 is 0 Å². The van der Waals surface area contributed by atoms with Crippen molar-refractivity contribution in [2.45, 2.75) is 38.0 Å². The number of nitrogens with one attached hydrogen (secondary N) is 1. The zero-order valence-electron chi connectivity index (χ0n) is 9.44. The summed E-state index contributed by atoms with van der Waals surface area (Å²) in [4.78, 5) is 4.10. The van der Waals surface area contributed by atoms with Gasteiger partial charge in [-0.15, -0.1) is 0 Å². The van der Waals surface area contributed by atoms with Crippen molar-refractivity contribution in [1.82, 2.24) is 14.9 Å². The molecule has 0 bridgehead atoms. The molecule has 84 valence electrons. The van der Waals surface area contributed by atoms with E-state index >= 15 is 0 Å². The average Bonchev–Trinajstić information content (AvgIpc) is 2.83. The highest BCUT2D eigenvalue weighted by Crippen LogP contribution is 2.21. The van der Waals surface area contributed by atoms with Crippen molar-refractivity contribution in [3.8, 4) is 0 Å². The van der Waals surface area contributed by atoms with Gasteiger partial charge >= 0.3 is 0 Å². The van der Waals surface area contributed by atoms with Crippen LogP contribution in [0, 0.1) is 0 Å². The Bertz CT molecular complexity index is 311. The Morgan fingerprint density at radius 3 is 3.13 bits per heavy atom. The fraction of sp³-hybridized carbons (Fsp3) is 0.727. The predicted octanol–water partition coefficient (Wildman–Crippen LogP) is 1.08. The Morgan fingerprint density at radius 2 is 2.47 bits per heavy atom. The molecule has 2 atom stereocenters. The van der Waals surface area contributed by atoms with Crippen molar-refractivity contribution in [2.75, 3.05) is 7.11 Å². The molecule has 15 heavy (non-hydrogen) atoms. The Balaban J connectivity index is 1.85. The van der Waals surface area contributed by atoms with Gasteiger partial charge in [-0.2, -0.15) is 0 Å². The monoisotopic (exact) mass is 209 g/mol. The first-order chi connectivity index (χ1) is 7.31. The van der Waals surface area contributed by atoms with Crippen LogP contribution >= 0.6 is 0 Å². The van der Waals surface area contributed by atoms with E-state index in [-0.39, 0.29) is 0 Å². The molecule has 1 fully saturated rings. The number of aryl methyl sites for hydroxylation is 1. The van der Waals surface area contributed by atoms with Crippen molar-refractivity contribution < 1.29 is 4.74 Å². The van der Waals surface area contributed by atoms with Gasteiger partial charge in [0, 0.05) is 32.9 Å². The minimum Gasteiger partial charge on any atom is -0.380 e. The van der Waals surface area contributed by atoms with Crippen molar-refractivity contribution in [2.24, 2.45) is 7.05 Å². The molecule has 2 rings (SSSR count). The highest BCUT2D eigenvalue weighted by molar-refractivity contribution is 4.98. The molecule has 1 heterocycles. The Kier molecular flexibility index (Phi) is 3.38. The summed E-state index contributed by atoms with van der Waals surface area (Å²) >= 11 is 0. The highest BCUT2D eigenvalue weighted by atomic mass is 16.5. The molecule has 0 aromatic carbocycles. The second-order valence-corrected chi connectivity index (χ2v) is 4.19. The van der Waals surface area contributed by atoms with Gasteiger partial charge in [-0.3, -0.25) is 0 Å². The summed E-state index contributed by atoms with van der Waals surface area (Å²) in [6.07, 6.45) is 7.79. The van der Waals surface area contributed by atoms with Gasteiger partial charge < -0.3 is 14.6 Å². The van der Waals surface area contributed by atoms with Crippen LogP contribution in [0.25, 0.3) is 0 Å². The maximum Gasteiger partial charge on any atom is 0.0945 e. The van der Waals surface area contributed by atoms with E-state index in [2.05, 4.69) is 10.3 Å². The SMILES string of the molecule is COC1CCCC1NCc1cncn1C. The molecule has 4 nitrogen and oxygen atoms in total. The molecular formula is C11H19N3O. The normalized spacial score (nSPS) is 26.0. The zero-order chi connectivity index (χ0) is 10.7. The summed E-state index contributed by atoms with van der Waals surface area (Å²) in [5.74, 6) is 0. The number of hydrogen-bond acceptors (Lipinski definition) is 3. The lowest BCUT2D eigenvalue weighted by Crippen LogP contribution is -2.36. The topological polar surface area (TPSA) is 39.1 Å². The van der Waals surface area contributed by atoms with Crippen LogP contribution in [0.4, 0.5) is 0 Å². The molecule has 1 aliphatic carbocycles. The number of imidazole rings is 1. The molecule has 1 saturated carbocycles. The van der Waals surface area contributed by atoms with Crippen LogP contribution in [0.5, 0.6) is 0 Å². The van der Waals surface area contributed by atoms with E-state index in [1.807, 2.05) is 24.1 Å². The minimum absolute atomic E-state index is 0.387. The fourth-order valence-electron chi connectivity index (χ4n) is 2.23. The summed E-state index contributed by atoms with van der Waals surface area (Å²) in [6.45, 7) is 0.876. The Hall–Kier alpha value is -0.870. The molecule has 0 spiro atoms. The molecule has 0 aliphatic heterocycles. The summed E-state index contributed by atoms with van der Waals surface area (Å²) in [7, 11) is 3.82. The number of rotatable bonds is 4. The molecule has 0 radical (unpaired) electrons. The molecule has 1 aromatic rings. The van der Waals surface area contributed by atoms with E-state index in [0.717, 1.165) is 6.54 Å². The smallest absolute Gasteiger partial charge is 0.0945 e. The highest BCUT2D eigenvalue weighted by Gasteiger charge is 2.26. The van der Waals surface area contributed by atoms with Gasteiger partial charge in [-0.25, -0.2) is 4.98 Å². The third-order valence-electron chi connectivity index (χ3n) is 3.22. The van der Waals surface area contributed by atoms with Gasteiger partial charge in [-0.1, -0.05) is 0 Å². The molecule has 0 amide bonds. The van der Waals surface area contributed by atoms with Crippen molar-refractivity contribution in [3.05, 3.63) is 18.2 Å². The van der Waals surface area contributed by atoms with Crippen LogP contribution in [0.1, 0.15) is 25.0 Å². The van der Waals surface area contributed by atoms with Crippen molar-refractivity contribution in [3.63, 3.8) is 0 Å². The van der Waals surface area contributed by atoms with E-state index in [1.165, 1.54) is 25.0 Å². The van der Waals surface area contributed by atoms with Crippen molar-refractivity contribution >= 4 is 0 Å².